The molecule has 2 aromatic carbocycles. The number of hydrogen-bond acceptors (Lipinski definition) is 3. The van der Waals surface area contributed by atoms with Gasteiger partial charge in [-0.05, 0) is 55.6 Å². The fourth-order valence-corrected chi connectivity index (χ4v) is 5.50. The van der Waals surface area contributed by atoms with Gasteiger partial charge < -0.3 is 15.7 Å². The summed E-state index contributed by atoms with van der Waals surface area (Å²) in [6, 6.07) is 20.2. The van der Waals surface area contributed by atoms with Gasteiger partial charge in [0.25, 0.3) is 0 Å². The Balaban J connectivity index is 1.50. The summed E-state index contributed by atoms with van der Waals surface area (Å²) < 4.78 is 0. The molecule has 0 heterocycles. The number of nitrogens with one attached hydrogen (secondary N) is 2. The Morgan fingerprint density at radius 1 is 0.892 bits per heavy atom. The fraction of sp³-hybridized carbons (Fsp3) is 0.516. The van der Waals surface area contributed by atoms with E-state index >= 15 is 0 Å². The second-order valence-corrected chi connectivity index (χ2v) is 10.8. The topological polar surface area (TPSA) is 78.4 Å². The summed E-state index contributed by atoms with van der Waals surface area (Å²) >= 11 is 5.74. The van der Waals surface area contributed by atoms with Crippen LogP contribution in [0.1, 0.15) is 75.3 Å². The molecule has 0 bridgehead atoms. The standard InChI is InChI=1S/C31H42N2O3S/c34-29(23-27(31(35)36)20-10-18-24-12-4-1-5-13-24)33-28(22-26-16-8-3-9-17-26)30(37)32-21-11-19-25-14-6-2-7-15-25/h1-2,4-7,12-15,26-28H,3,8-11,16-23H2,(H,32,37)(H,33,34)(H,35,36)/t27-,28+/m1/s1. The SMILES string of the molecule is O=C(C[C@@H](CCCc1ccccc1)C(=O)O)N[C@@H](CC1CCCCC1)C(=S)NCCCc1ccccc1. The maximum absolute atomic E-state index is 13.0. The maximum atomic E-state index is 13.0. The van der Waals surface area contributed by atoms with Gasteiger partial charge in [-0.3, -0.25) is 9.59 Å². The molecule has 0 spiro atoms. The molecule has 2 atom stereocenters. The van der Waals surface area contributed by atoms with Crippen LogP contribution in [0.2, 0.25) is 0 Å². The van der Waals surface area contributed by atoms with E-state index < -0.39 is 11.9 Å². The van der Waals surface area contributed by atoms with E-state index in [0.717, 1.165) is 38.6 Å². The zero-order chi connectivity index (χ0) is 26.3. The third-order valence-electron chi connectivity index (χ3n) is 7.37. The van der Waals surface area contributed by atoms with E-state index in [2.05, 4.69) is 34.9 Å². The van der Waals surface area contributed by atoms with Gasteiger partial charge in [-0.2, -0.15) is 0 Å². The highest BCUT2D eigenvalue weighted by molar-refractivity contribution is 7.80. The third-order valence-corrected chi connectivity index (χ3v) is 7.80. The van der Waals surface area contributed by atoms with Crippen LogP contribution in [-0.2, 0) is 22.4 Å². The highest BCUT2D eigenvalue weighted by Crippen LogP contribution is 2.27. The Hall–Kier alpha value is -2.73. The molecular weight excluding hydrogens is 480 g/mol. The highest BCUT2D eigenvalue weighted by atomic mass is 32.1. The monoisotopic (exact) mass is 522 g/mol. The van der Waals surface area contributed by atoms with Gasteiger partial charge in [0.1, 0.15) is 0 Å². The molecule has 6 heteroatoms. The number of hydrogen-bond donors (Lipinski definition) is 3. The summed E-state index contributed by atoms with van der Waals surface area (Å²) in [6.07, 6.45) is 10.8. The molecule has 0 radical (unpaired) electrons. The molecule has 0 saturated heterocycles. The van der Waals surface area contributed by atoms with Crippen LogP contribution >= 0.6 is 12.2 Å². The predicted molar refractivity (Wildman–Crippen MR) is 154 cm³/mol. The molecule has 1 aliphatic carbocycles. The van der Waals surface area contributed by atoms with Crippen LogP contribution in [0.5, 0.6) is 0 Å². The highest BCUT2D eigenvalue weighted by Gasteiger charge is 2.26. The number of benzene rings is 2. The first-order chi connectivity index (χ1) is 18.0. The first-order valence-electron chi connectivity index (χ1n) is 13.9. The van der Waals surface area contributed by atoms with Crippen LogP contribution in [0.4, 0.5) is 0 Å². The average molecular weight is 523 g/mol. The summed E-state index contributed by atoms with van der Waals surface area (Å²) in [4.78, 5) is 25.6. The first-order valence-corrected chi connectivity index (χ1v) is 14.3. The van der Waals surface area contributed by atoms with Crippen molar-refractivity contribution in [1.82, 2.24) is 10.6 Å². The minimum absolute atomic E-state index is 0.0120. The van der Waals surface area contributed by atoms with Gasteiger partial charge in [-0.1, -0.05) is 105 Å². The van der Waals surface area contributed by atoms with Crippen molar-refractivity contribution < 1.29 is 14.7 Å². The Morgan fingerprint density at radius 3 is 2.08 bits per heavy atom. The minimum atomic E-state index is -0.909. The second-order valence-electron chi connectivity index (χ2n) is 10.4. The lowest BCUT2D eigenvalue weighted by Crippen LogP contribution is -2.47. The van der Waals surface area contributed by atoms with Crippen molar-refractivity contribution in [3.8, 4) is 0 Å². The maximum Gasteiger partial charge on any atom is 0.307 e. The molecule has 1 saturated carbocycles. The second kappa shape index (κ2) is 16.2. The van der Waals surface area contributed by atoms with Gasteiger partial charge >= 0.3 is 5.97 Å². The van der Waals surface area contributed by atoms with Crippen LogP contribution in [-0.4, -0.2) is 34.6 Å². The van der Waals surface area contributed by atoms with E-state index in [9.17, 15) is 14.7 Å². The molecule has 3 N–H and O–H groups in total. The quantitative estimate of drug-likeness (QED) is 0.194. The van der Waals surface area contributed by atoms with Crippen molar-refractivity contribution in [2.75, 3.05) is 6.54 Å². The number of rotatable bonds is 15. The third kappa shape index (κ3) is 11.0. The predicted octanol–water partition coefficient (Wildman–Crippen LogP) is 6.11. The van der Waals surface area contributed by atoms with Crippen molar-refractivity contribution in [2.24, 2.45) is 11.8 Å². The fourth-order valence-electron chi connectivity index (χ4n) is 5.25. The molecular formula is C31H42N2O3S. The minimum Gasteiger partial charge on any atom is -0.481 e. The summed E-state index contributed by atoms with van der Waals surface area (Å²) in [5, 5.41) is 16.2. The Bertz CT molecular complexity index is 961. The normalized spacial score (nSPS) is 15.5. The number of carboxylic acid groups (broad SMARTS) is 1. The number of thiocarbonyl (C=S) groups is 1. The Labute approximate surface area is 227 Å². The molecule has 1 amide bonds. The van der Waals surface area contributed by atoms with Gasteiger partial charge in [0.05, 0.1) is 16.9 Å². The van der Waals surface area contributed by atoms with E-state index in [-0.39, 0.29) is 18.4 Å². The van der Waals surface area contributed by atoms with E-state index in [1.807, 2.05) is 36.4 Å². The Kier molecular flexibility index (Phi) is 12.6. The van der Waals surface area contributed by atoms with E-state index in [4.69, 9.17) is 12.2 Å². The van der Waals surface area contributed by atoms with Crippen LogP contribution in [0.3, 0.4) is 0 Å². The van der Waals surface area contributed by atoms with Gasteiger partial charge in [0.15, 0.2) is 0 Å². The molecule has 37 heavy (non-hydrogen) atoms. The van der Waals surface area contributed by atoms with Crippen LogP contribution in [0, 0.1) is 11.8 Å². The van der Waals surface area contributed by atoms with E-state index in [1.165, 1.54) is 43.2 Å². The molecule has 3 rings (SSSR count). The summed E-state index contributed by atoms with van der Waals surface area (Å²) in [7, 11) is 0. The van der Waals surface area contributed by atoms with Crippen LogP contribution in [0.15, 0.2) is 60.7 Å². The van der Waals surface area contributed by atoms with E-state index in [0.29, 0.717) is 17.3 Å². The zero-order valence-corrected chi connectivity index (χ0v) is 22.7. The van der Waals surface area contributed by atoms with Gasteiger partial charge in [0.2, 0.25) is 5.91 Å². The molecule has 1 fully saturated rings. The van der Waals surface area contributed by atoms with Gasteiger partial charge in [-0.25, -0.2) is 0 Å². The number of carbonyl (C=O) groups excluding carboxylic acids is 1. The van der Waals surface area contributed by atoms with Gasteiger partial charge in [0, 0.05) is 13.0 Å². The molecule has 5 nitrogen and oxygen atoms in total. The van der Waals surface area contributed by atoms with Crippen molar-refractivity contribution in [2.45, 2.75) is 83.1 Å². The van der Waals surface area contributed by atoms with E-state index in [1.54, 1.807) is 0 Å². The van der Waals surface area contributed by atoms with Crippen LogP contribution in [0.25, 0.3) is 0 Å². The number of aliphatic carboxylic acids is 1. The number of amides is 1. The molecule has 200 valence electrons. The number of carbonyl (C=O) groups is 2. The van der Waals surface area contributed by atoms with Crippen molar-refractivity contribution in [1.29, 1.82) is 0 Å². The molecule has 0 aromatic heterocycles. The number of carboxylic acids is 1. The molecule has 0 unspecified atom stereocenters. The van der Waals surface area contributed by atoms with Crippen molar-refractivity contribution in [3.63, 3.8) is 0 Å². The smallest absolute Gasteiger partial charge is 0.307 e. The summed E-state index contributed by atoms with van der Waals surface area (Å²) in [6.45, 7) is 0.752. The molecule has 1 aliphatic rings. The molecule has 0 aliphatic heterocycles. The Morgan fingerprint density at radius 2 is 1.49 bits per heavy atom. The van der Waals surface area contributed by atoms with Crippen LogP contribution < -0.4 is 10.6 Å². The van der Waals surface area contributed by atoms with Gasteiger partial charge in [-0.15, -0.1) is 0 Å². The van der Waals surface area contributed by atoms with Crippen molar-refractivity contribution in [3.05, 3.63) is 71.8 Å². The molecule has 2 aromatic rings. The number of aryl methyl sites for hydroxylation is 2. The summed E-state index contributed by atoms with van der Waals surface area (Å²) in [5.74, 6) is -1.27. The summed E-state index contributed by atoms with van der Waals surface area (Å²) in [5.41, 5.74) is 2.49. The lowest BCUT2D eigenvalue weighted by Gasteiger charge is -2.28. The lowest BCUT2D eigenvalue weighted by atomic mass is 9.84. The first kappa shape index (κ1) is 28.8. The zero-order valence-electron chi connectivity index (χ0n) is 21.9. The van der Waals surface area contributed by atoms with Crippen molar-refractivity contribution >= 4 is 29.1 Å². The largest absolute Gasteiger partial charge is 0.481 e. The lowest BCUT2D eigenvalue weighted by molar-refractivity contribution is -0.144. The average Bonchev–Trinajstić information content (AvgIpc) is 2.91.